The number of hydrogen-bond acceptors (Lipinski definition) is 10. The van der Waals surface area contributed by atoms with E-state index >= 15 is 0 Å². The van der Waals surface area contributed by atoms with Gasteiger partial charge in [-0.3, -0.25) is 0 Å². The van der Waals surface area contributed by atoms with Crippen LogP contribution in [0.25, 0.3) is 0 Å². The van der Waals surface area contributed by atoms with E-state index in [4.69, 9.17) is 47.7 Å². The van der Waals surface area contributed by atoms with E-state index in [1.807, 2.05) is 0 Å². The average molecular weight is 569 g/mol. The zero-order chi connectivity index (χ0) is 28.2. The Morgan fingerprint density at radius 1 is 0.282 bits per heavy atom. The third-order valence-electron chi connectivity index (χ3n) is 5.60. The second kappa shape index (κ2) is 37.6. The van der Waals surface area contributed by atoms with Crippen molar-refractivity contribution in [1.82, 2.24) is 0 Å². The number of ether oxygens (including phenoxy) is 9. The molecule has 236 valence electrons. The fourth-order valence-electron chi connectivity index (χ4n) is 3.44. The third kappa shape index (κ3) is 37.6. The van der Waals surface area contributed by atoms with Gasteiger partial charge in [-0.15, -0.1) is 0 Å². The summed E-state index contributed by atoms with van der Waals surface area (Å²) in [4.78, 5) is 0. The molecule has 10 nitrogen and oxygen atoms in total. The highest BCUT2D eigenvalue weighted by Gasteiger charge is 1.96. The predicted molar refractivity (Wildman–Crippen MR) is 152 cm³/mol. The summed E-state index contributed by atoms with van der Waals surface area (Å²) in [5, 5.41) is 8.57. The first kappa shape index (κ1) is 38.6. The lowest BCUT2D eigenvalue weighted by molar-refractivity contribution is -0.0255. The number of rotatable bonds is 36. The molecule has 0 saturated heterocycles. The summed E-state index contributed by atoms with van der Waals surface area (Å²) in [7, 11) is 0. The van der Waals surface area contributed by atoms with Gasteiger partial charge in [0.05, 0.1) is 119 Å². The summed E-state index contributed by atoms with van der Waals surface area (Å²) >= 11 is 0. The molecule has 0 saturated carbocycles. The molecule has 0 atom stereocenters. The molecule has 0 aliphatic rings. The van der Waals surface area contributed by atoms with E-state index in [1.54, 1.807) is 0 Å². The molecular weight excluding hydrogens is 508 g/mol. The molecule has 0 unspecified atom stereocenters. The molecule has 39 heavy (non-hydrogen) atoms. The van der Waals surface area contributed by atoms with Crippen LogP contribution >= 0.6 is 0 Å². The van der Waals surface area contributed by atoms with E-state index in [1.165, 1.54) is 51.4 Å². The largest absolute Gasteiger partial charge is 0.394 e. The molecule has 0 bridgehead atoms. The van der Waals surface area contributed by atoms with E-state index in [9.17, 15) is 0 Å². The zero-order valence-corrected chi connectivity index (χ0v) is 24.9. The monoisotopic (exact) mass is 568 g/mol. The number of aliphatic hydroxyl groups excluding tert-OH is 1. The van der Waals surface area contributed by atoms with Gasteiger partial charge in [0.25, 0.3) is 0 Å². The average Bonchev–Trinajstić information content (AvgIpc) is 2.95. The van der Waals surface area contributed by atoms with Crippen LogP contribution in [-0.4, -0.2) is 131 Å². The summed E-state index contributed by atoms with van der Waals surface area (Å²) in [6.07, 6.45) is 12.0. The minimum absolute atomic E-state index is 0.0325. The predicted octanol–water partition coefficient (Wildman–Crippen LogP) is 3.66. The van der Waals surface area contributed by atoms with Crippen molar-refractivity contribution in [3.05, 3.63) is 0 Å². The van der Waals surface area contributed by atoms with Crippen molar-refractivity contribution in [3.8, 4) is 0 Å². The van der Waals surface area contributed by atoms with E-state index in [0.29, 0.717) is 112 Å². The molecule has 0 spiro atoms. The maximum atomic E-state index is 8.57. The molecule has 1 N–H and O–H groups in total. The lowest BCUT2D eigenvalue weighted by Gasteiger charge is -2.09. The van der Waals surface area contributed by atoms with Gasteiger partial charge in [0.2, 0.25) is 0 Å². The molecule has 0 aromatic heterocycles. The Bertz CT molecular complexity index is 382. The van der Waals surface area contributed by atoms with Crippen LogP contribution in [0.15, 0.2) is 0 Å². The zero-order valence-electron chi connectivity index (χ0n) is 24.9. The van der Waals surface area contributed by atoms with Gasteiger partial charge < -0.3 is 47.7 Å². The van der Waals surface area contributed by atoms with Crippen molar-refractivity contribution < 1.29 is 47.7 Å². The quantitative estimate of drug-likeness (QED) is 0.113. The number of unbranched alkanes of at least 4 members (excludes halogenated alkanes) is 8. The van der Waals surface area contributed by atoms with Crippen molar-refractivity contribution in [2.45, 2.75) is 64.7 Å². The van der Waals surface area contributed by atoms with Crippen LogP contribution in [-0.2, 0) is 42.6 Å². The molecule has 0 rings (SSSR count). The van der Waals surface area contributed by atoms with Crippen LogP contribution in [0.5, 0.6) is 0 Å². The van der Waals surface area contributed by atoms with Gasteiger partial charge in [-0.2, -0.15) is 0 Å². The number of hydrogen-bond donors (Lipinski definition) is 1. The van der Waals surface area contributed by atoms with Crippen molar-refractivity contribution in [1.29, 1.82) is 0 Å². The minimum Gasteiger partial charge on any atom is -0.394 e. The highest BCUT2D eigenvalue weighted by molar-refractivity contribution is 4.47. The standard InChI is InChI=1S/C29H60O10/c1-2-3-4-5-6-7-8-9-10-12-31-14-16-33-18-20-35-22-24-37-26-28-39-29-27-38-25-23-36-21-19-34-17-15-32-13-11-30/h30H,2-29H2,1H3. The Hall–Kier alpha value is -0.400. The van der Waals surface area contributed by atoms with Crippen molar-refractivity contribution in [3.63, 3.8) is 0 Å². The normalized spacial score (nSPS) is 11.5. The van der Waals surface area contributed by atoms with Gasteiger partial charge in [0.1, 0.15) is 0 Å². The summed E-state index contributed by atoms with van der Waals surface area (Å²) in [5.74, 6) is 0. The third-order valence-corrected chi connectivity index (χ3v) is 5.60. The molecule has 10 heteroatoms. The molecule has 0 aromatic rings. The maximum Gasteiger partial charge on any atom is 0.0701 e. The van der Waals surface area contributed by atoms with Gasteiger partial charge in [0, 0.05) is 6.61 Å². The van der Waals surface area contributed by atoms with Crippen molar-refractivity contribution in [2.75, 3.05) is 126 Å². The Balaban J connectivity index is 3.01. The van der Waals surface area contributed by atoms with Crippen LogP contribution in [0.1, 0.15) is 64.7 Å². The fourth-order valence-corrected chi connectivity index (χ4v) is 3.44. The summed E-state index contributed by atoms with van der Waals surface area (Å²) < 4.78 is 48.8. The summed E-state index contributed by atoms with van der Waals surface area (Å²) in [5.41, 5.74) is 0. The van der Waals surface area contributed by atoms with Gasteiger partial charge in [-0.25, -0.2) is 0 Å². The van der Waals surface area contributed by atoms with Crippen LogP contribution in [0.2, 0.25) is 0 Å². The van der Waals surface area contributed by atoms with Gasteiger partial charge in [-0.05, 0) is 6.42 Å². The second-order valence-electron chi connectivity index (χ2n) is 9.06. The molecule has 0 aliphatic heterocycles. The van der Waals surface area contributed by atoms with Gasteiger partial charge >= 0.3 is 0 Å². The van der Waals surface area contributed by atoms with Crippen LogP contribution < -0.4 is 0 Å². The molecule has 0 fully saturated rings. The number of aliphatic hydroxyl groups is 1. The molecule has 0 amide bonds. The molecule has 0 heterocycles. The van der Waals surface area contributed by atoms with E-state index in [2.05, 4.69) is 6.92 Å². The Labute approximate surface area is 238 Å². The second-order valence-corrected chi connectivity index (χ2v) is 9.06. The Morgan fingerprint density at radius 2 is 0.513 bits per heavy atom. The molecule has 0 aromatic carbocycles. The topological polar surface area (TPSA) is 103 Å². The van der Waals surface area contributed by atoms with E-state index < -0.39 is 0 Å². The summed E-state index contributed by atoms with van der Waals surface area (Å²) in [6, 6.07) is 0. The minimum atomic E-state index is 0.0325. The summed E-state index contributed by atoms with van der Waals surface area (Å²) in [6.45, 7) is 12.1. The van der Waals surface area contributed by atoms with E-state index in [-0.39, 0.29) is 6.61 Å². The van der Waals surface area contributed by atoms with Crippen LogP contribution in [0, 0.1) is 0 Å². The molecule has 0 radical (unpaired) electrons. The van der Waals surface area contributed by atoms with Crippen LogP contribution in [0.3, 0.4) is 0 Å². The highest BCUT2D eigenvalue weighted by atomic mass is 16.6. The lowest BCUT2D eigenvalue weighted by Crippen LogP contribution is -2.15. The van der Waals surface area contributed by atoms with Gasteiger partial charge in [0.15, 0.2) is 0 Å². The Kier molecular flexibility index (Phi) is 37.2. The maximum absolute atomic E-state index is 8.57. The SMILES string of the molecule is CCCCCCCCCCCOCCOCCOCCOCCOCCOCCOCCOCCOCCO. The molecular formula is C29H60O10. The first-order chi connectivity index (χ1) is 19.4. The fraction of sp³-hybridized carbons (Fsp3) is 1.00. The van der Waals surface area contributed by atoms with E-state index in [0.717, 1.165) is 13.0 Å². The Morgan fingerprint density at radius 3 is 0.795 bits per heavy atom. The van der Waals surface area contributed by atoms with Gasteiger partial charge in [-0.1, -0.05) is 58.3 Å². The first-order valence-corrected chi connectivity index (χ1v) is 15.2. The lowest BCUT2D eigenvalue weighted by atomic mass is 10.1. The highest BCUT2D eigenvalue weighted by Crippen LogP contribution is 2.09. The smallest absolute Gasteiger partial charge is 0.0701 e. The molecule has 0 aliphatic carbocycles. The van der Waals surface area contributed by atoms with Crippen molar-refractivity contribution >= 4 is 0 Å². The first-order valence-electron chi connectivity index (χ1n) is 15.2. The van der Waals surface area contributed by atoms with Crippen LogP contribution in [0.4, 0.5) is 0 Å². The van der Waals surface area contributed by atoms with Crippen molar-refractivity contribution in [2.24, 2.45) is 0 Å².